The van der Waals surface area contributed by atoms with Gasteiger partial charge >= 0.3 is 0 Å². The van der Waals surface area contributed by atoms with Crippen molar-refractivity contribution < 1.29 is 4.52 Å². The summed E-state index contributed by atoms with van der Waals surface area (Å²) < 4.78 is 5.40. The van der Waals surface area contributed by atoms with E-state index in [9.17, 15) is 0 Å². The summed E-state index contributed by atoms with van der Waals surface area (Å²) in [5.41, 5.74) is 1.55. The van der Waals surface area contributed by atoms with Crippen LogP contribution in [0.5, 0.6) is 0 Å². The third kappa shape index (κ3) is 2.49. The Morgan fingerprint density at radius 3 is 2.86 bits per heavy atom. The molecule has 2 aliphatic rings. The number of nitrogens with zero attached hydrogens (tertiary/aromatic N) is 4. The number of pyridine rings is 1. The number of hydrogen-bond acceptors (Lipinski definition) is 5. The molecule has 2 aromatic rings. The van der Waals surface area contributed by atoms with Crippen LogP contribution in [0, 0.1) is 5.41 Å². The molecule has 0 N–H and O–H groups in total. The molecule has 1 saturated carbocycles. The van der Waals surface area contributed by atoms with Crippen LogP contribution in [0.2, 0.25) is 0 Å². The first-order chi connectivity index (χ1) is 10.7. The van der Waals surface area contributed by atoms with Crippen molar-refractivity contribution in [3.63, 3.8) is 0 Å². The molecule has 2 aromatic heterocycles. The van der Waals surface area contributed by atoms with Gasteiger partial charge in [0.15, 0.2) is 5.82 Å². The summed E-state index contributed by atoms with van der Waals surface area (Å²) in [5.74, 6) is 2.65. The monoisotopic (exact) mass is 298 g/mol. The molecule has 0 amide bonds. The summed E-state index contributed by atoms with van der Waals surface area (Å²) in [6.45, 7) is 6.37. The van der Waals surface area contributed by atoms with E-state index in [4.69, 9.17) is 4.52 Å². The predicted molar refractivity (Wildman–Crippen MR) is 84.7 cm³/mol. The second kappa shape index (κ2) is 5.07. The fourth-order valence-corrected chi connectivity index (χ4v) is 3.30. The van der Waals surface area contributed by atoms with Crippen molar-refractivity contribution in [2.45, 2.75) is 45.4 Å². The van der Waals surface area contributed by atoms with Gasteiger partial charge in [0, 0.05) is 30.8 Å². The summed E-state index contributed by atoms with van der Waals surface area (Å²) in [6.07, 6.45) is 7.25. The highest BCUT2D eigenvalue weighted by Crippen LogP contribution is 2.52. The largest absolute Gasteiger partial charge is 0.356 e. The topological polar surface area (TPSA) is 55.1 Å². The van der Waals surface area contributed by atoms with Crippen LogP contribution in [-0.2, 0) is 0 Å². The van der Waals surface area contributed by atoms with Gasteiger partial charge in [0.05, 0.1) is 0 Å². The zero-order valence-electron chi connectivity index (χ0n) is 13.2. The van der Waals surface area contributed by atoms with Gasteiger partial charge in [0.25, 0.3) is 5.89 Å². The van der Waals surface area contributed by atoms with E-state index in [0.717, 1.165) is 30.3 Å². The van der Waals surface area contributed by atoms with Gasteiger partial charge in [-0.15, -0.1) is 0 Å². The smallest absolute Gasteiger partial charge is 0.258 e. The average Bonchev–Trinajstić information content (AvgIpc) is 3.09. The van der Waals surface area contributed by atoms with Crippen LogP contribution in [0.25, 0.3) is 11.5 Å². The van der Waals surface area contributed by atoms with Gasteiger partial charge in [-0.3, -0.25) is 0 Å². The highest BCUT2D eigenvalue weighted by molar-refractivity contribution is 5.59. The van der Waals surface area contributed by atoms with E-state index in [1.807, 2.05) is 12.3 Å². The predicted octanol–water partition coefficient (Wildman–Crippen LogP) is 3.64. The molecule has 1 aliphatic heterocycles. The third-order valence-corrected chi connectivity index (χ3v) is 4.89. The van der Waals surface area contributed by atoms with Crippen molar-refractivity contribution in [3.05, 3.63) is 24.2 Å². The number of anilines is 1. The lowest BCUT2D eigenvalue weighted by Crippen LogP contribution is -2.36. The number of hydrogen-bond donors (Lipinski definition) is 0. The molecule has 22 heavy (non-hydrogen) atoms. The lowest BCUT2D eigenvalue weighted by molar-refractivity contribution is 0.393. The van der Waals surface area contributed by atoms with Gasteiger partial charge in [-0.25, -0.2) is 4.98 Å². The Labute approximate surface area is 130 Å². The lowest BCUT2D eigenvalue weighted by Gasteiger charge is -2.33. The molecular weight excluding hydrogens is 276 g/mol. The average molecular weight is 298 g/mol. The molecule has 4 rings (SSSR count). The van der Waals surface area contributed by atoms with Gasteiger partial charge in [-0.1, -0.05) is 19.0 Å². The molecule has 0 bridgehead atoms. The molecule has 0 atom stereocenters. The molecule has 0 unspecified atom stereocenters. The van der Waals surface area contributed by atoms with Gasteiger partial charge in [0.2, 0.25) is 0 Å². The Bertz CT molecular complexity index is 675. The fraction of sp³-hybridized carbons (Fsp3) is 0.588. The van der Waals surface area contributed by atoms with Crippen molar-refractivity contribution in [2.75, 3.05) is 18.0 Å². The molecule has 1 aliphatic carbocycles. The van der Waals surface area contributed by atoms with Crippen molar-refractivity contribution >= 4 is 5.82 Å². The molecule has 1 saturated heterocycles. The lowest BCUT2D eigenvalue weighted by atomic mass is 9.95. The van der Waals surface area contributed by atoms with Crippen molar-refractivity contribution in [3.8, 4) is 11.5 Å². The van der Waals surface area contributed by atoms with Crippen LogP contribution in [0.15, 0.2) is 22.9 Å². The van der Waals surface area contributed by atoms with Gasteiger partial charge in [-0.2, -0.15) is 4.98 Å². The highest BCUT2D eigenvalue weighted by Gasteiger charge is 2.45. The Hall–Kier alpha value is -1.91. The maximum Gasteiger partial charge on any atom is 0.258 e. The molecule has 0 aromatic carbocycles. The van der Waals surface area contributed by atoms with Crippen LogP contribution in [0.3, 0.4) is 0 Å². The molecule has 2 fully saturated rings. The quantitative estimate of drug-likeness (QED) is 0.866. The van der Waals surface area contributed by atoms with E-state index in [1.165, 1.54) is 25.7 Å². The van der Waals surface area contributed by atoms with Crippen LogP contribution in [0.4, 0.5) is 5.82 Å². The molecule has 1 spiro atoms. The zero-order valence-corrected chi connectivity index (χ0v) is 13.2. The molecule has 5 heteroatoms. The minimum absolute atomic E-state index is 0.274. The first-order valence-electron chi connectivity index (χ1n) is 8.20. The number of aromatic nitrogens is 3. The Balaban J connectivity index is 1.59. The summed E-state index contributed by atoms with van der Waals surface area (Å²) in [5, 5.41) is 4.05. The first kappa shape index (κ1) is 13.7. The van der Waals surface area contributed by atoms with E-state index >= 15 is 0 Å². The van der Waals surface area contributed by atoms with E-state index in [1.54, 1.807) is 0 Å². The maximum atomic E-state index is 5.40. The Kier molecular flexibility index (Phi) is 3.17. The van der Waals surface area contributed by atoms with Crippen LogP contribution < -0.4 is 4.90 Å². The second-order valence-electron chi connectivity index (χ2n) is 7.04. The van der Waals surface area contributed by atoms with Crippen molar-refractivity contribution in [2.24, 2.45) is 5.41 Å². The minimum Gasteiger partial charge on any atom is -0.356 e. The molecule has 116 valence electrons. The van der Waals surface area contributed by atoms with Crippen LogP contribution in [0.1, 0.15) is 51.3 Å². The molecule has 0 radical (unpaired) electrons. The van der Waals surface area contributed by atoms with E-state index in [-0.39, 0.29) is 5.92 Å². The summed E-state index contributed by atoms with van der Waals surface area (Å²) in [4.78, 5) is 11.5. The van der Waals surface area contributed by atoms with Crippen molar-refractivity contribution in [1.29, 1.82) is 0 Å². The minimum atomic E-state index is 0.274. The molecule has 5 nitrogen and oxygen atoms in total. The third-order valence-electron chi connectivity index (χ3n) is 4.89. The van der Waals surface area contributed by atoms with Gasteiger partial charge in [-0.05, 0) is 43.2 Å². The second-order valence-corrected chi connectivity index (χ2v) is 7.04. The van der Waals surface area contributed by atoms with Crippen LogP contribution >= 0.6 is 0 Å². The summed E-state index contributed by atoms with van der Waals surface area (Å²) in [7, 11) is 0. The van der Waals surface area contributed by atoms with Crippen LogP contribution in [-0.4, -0.2) is 28.2 Å². The standard InChI is InChI=1S/C17H22N4O/c1-12(2)15-19-16(22-20-15)13-4-8-18-14(10-13)21-9-3-5-17(11-21)6-7-17/h4,8,10,12H,3,5-7,9,11H2,1-2H3. The normalized spacial score (nSPS) is 19.9. The molecule has 3 heterocycles. The molecular formula is C17H22N4O. The number of piperidine rings is 1. The van der Waals surface area contributed by atoms with E-state index in [0.29, 0.717) is 11.3 Å². The summed E-state index contributed by atoms with van der Waals surface area (Å²) >= 11 is 0. The Morgan fingerprint density at radius 1 is 1.27 bits per heavy atom. The van der Waals surface area contributed by atoms with E-state index < -0.39 is 0 Å². The van der Waals surface area contributed by atoms with E-state index in [2.05, 4.69) is 39.9 Å². The highest BCUT2D eigenvalue weighted by atomic mass is 16.5. The summed E-state index contributed by atoms with van der Waals surface area (Å²) in [6, 6.07) is 4.02. The first-order valence-corrected chi connectivity index (χ1v) is 8.20. The van der Waals surface area contributed by atoms with Gasteiger partial charge in [0.1, 0.15) is 5.82 Å². The van der Waals surface area contributed by atoms with Crippen molar-refractivity contribution in [1.82, 2.24) is 15.1 Å². The zero-order chi connectivity index (χ0) is 15.2. The Morgan fingerprint density at radius 2 is 2.14 bits per heavy atom. The number of rotatable bonds is 3. The SMILES string of the molecule is CC(C)c1noc(-c2ccnc(N3CCCC4(CC4)C3)c2)n1. The fourth-order valence-electron chi connectivity index (χ4n) is 3.30. The maximum absolute atomic E-state index is 5.40. The van der Waals surface area contributed by atoms with Gasteiger partial charge < -0.3 is 9.42 Å².